The molecule has 200 valence electrons. The number of benzene rings is 1. The Morgan fingerprint density at radius 2 is 1.69 bits per heavy atom. The van der Waals surface area contributed by atoms with E-state index in [0.717, 1.165) is 25.7 Å². The zero-order valence-corrected chi connectivity index (χ0v) is 21.0. The number of ether oxygens (including phenoxy) is 2. The maximum Gasteiger partial charge on any atom is 0.491 e. The minimum absolute atomic E-state index is 0.122. The van der Waals surface area contributed by atoms with Crippen LogP contribution in [0.1, 0.15) is 44.1 Å². The van der Waals surface area contributed by atoms with Crippen molar-refractivity contribution in [2.24, 2.45) is 0 Å². The Morgan fingerprint density at radius 3 is 2.25 bits per heavy atom. The molecule has 0 radical (unpaired) electrons. The number of carbonyl (C=O) groups is 3. The second kappa shape index (κ2) is 11.2. The van der Waals surface area contributed by atoms with E-state index >= 15 is 0 Å². The molecule has 8 nitrogen and oxygen atoms in total. The van der Waals surface area contributed by atoms with Crippen molar-refractivity contribution in [3.8, 4) is 0 Å². The Labute approximate surface area is 209 Å². The summed E-state index contributed by atoms with van der Waals surface area (Å²) in [5.74, 6) is -3.86. The molecule has 1 heterocycles. The van der Waals surface area contributed by atoms with Crippen LogP contribution in [-0.2, 0) is 24.6 Å². The van der Waals surface area contributed by atoms with E-state index in [4.69, 9.17) is 4.74 Å². The molecule has 1 aromatic rings. The molecule has 0 bridgehead atoms. The zero-order chi connectivity index (χ0) is 26.6. The fraction of sp³-hybridized carbons (Fsp3) is 0.640. The third-order valence-corrected chi connectivity index (χ3v) is 7.49. The van der Waals surface area contributed by atoms with Crippen molar-refractivity contribution >= 4 is 18.0 Å². The van der Waals surface area contributed by atoms with Gasteiger partial charge in [0.05, 0.1) is 12.0 Å². The molecular weight excluding hydrogens is 479 g/mol. The molecule has 3 rings (SSSR count). The topological polar surface area (TPSA) is 79.4 Å². The number of nitrogens with zero attached hydrogens (tertiary/aromatic N) is 3. The molecule has 0 N–H and O–H groups in total. The lowest BCUT2D eigenvalue weighted by molar-refractivity contribution is -0.201. The minimum atomic E-state index is -5.25. The maximum absolute atomic E-state index is 13.3. The van der Waals surface area contributed by atoms with Gasteiger partial charge in [0.25, 0.3) is 0 Å². The van der Waals surface area contributed by atoms with Gasteiger partial charge in [-0.25, -0.2) is 9.59 Å². The summed E-state index contributed by atoms with van der Waals surface area (Å²) in [6.45, 7) is 1.19. The van der Waals surface area contributed by atoms with E-state index in [1.165, 1.54) is 10.5 Å². The van der Waals surface area contributed by atoms with Gasteiger partial charge in [-0.05, 0) is 51.8 Å². The molecule has 2 aliphatic rings. The third kappa shape index (κ3) is 5.83. The van der Waals surface area contributed by atoms with Crippen LogP contribution in [0, 0.1) is 0 Å². The highest BCUT2D eigenvalue weighted by Gasteiger charge is 2.54. The van der Waals surface area contributed by atoms with Crippen LogP contribution >= 0.6 is 0 Å². The number of carbonyl (C=O) groups excluding carboxylic acids is 3. The molecule has 0 unspecified atom stereocenters. The summed E-state index contributed by atoms with van der Waals surface area (Å²) < 4.78 is 46.2. The van der Waals surface area contributed by atoms with Crippen LogP contribution in [0.3, 0.4) is 0 Å². The fourth-order valence-electron chi connectivity index (χ4n) is 5.49. The van der Waals surface area contributed by atoms with Crippen LogP contribution in [0.5, 0.6) is 0 Å². The first-order valence-corrected chi connectivity index (χ1v) is 12.1. The number of alkyl halides is 3. The van der Waals surface area contributed by atoms with Crippen LogP contribution in [-0.4, -0.2) is 91.8 Å². The normalized spacial score (nSPS) is 24.6. The highest BCUT2D eigenvalue weighted by molar-refractivity contribution is 5.88. The largest absolute Gasteiger partial charge is 0.491 e. The second-order valence-corrected chi connectivity index (χ2v) is 9.73. The van der Waals surface area contributed by atoms with Crippen molar-refractivity contribution in [1.82, 2.24) is 14.7 Å². The summed E-state index contributed by atoms with van der Waals surface area (Å²) in [6.07, 6.45) is -2.03. The van der Waals surface area contributed by atoms with E-state index in [1.807, 2.05) is 23.1 Å². The molecule has 1 aliphatic heterocycles. The van der Waals surface area contributed by atoms with Crippen LogP contribution in [0.4, 0.5) is 18.0 Å². The number of hydrogen-bond acceptors (Lipinski definition) is 6. The van der Waals surface area contributed by atoms with Gasteiger partial charge in [-0.1, -0.05) is 30.3 Å². The van der Waals surface area contributed by atoms with E-state index in [2.05, 4.69) is 35.9 Å². The first-order chi connectivity index (χ1) is 16.9. The lowest BCUT2D eigenvalue weighted by atomic mass is 9.68. The predicted molar refractivity (Wildman–Crippen MR) is 125 cm³/mol. The summed E-state index contributed by atoms with van der Waals surface area (Å²) in [5.41, 5.74) is 0.586. The van der Waals surface area contributed by atoms with Crippen molar-refractivity contribution in [2.75, 3.05) is 47.4 Å². The van der Waals surface area contributed by atoms with Gasteiger partial charge in [0.2, 0.25) is 0 Å². The quantitative estimate of drug-likeness (QED) is 0.286. The summed E-state index contributed by atoms with van der Waals surface area (Å²) in [6, 6.07) is 9.99. The molecule has 1 saturated carbocycles. The number of amides is 2. The second-order valence-electron chi connectivity index (χ2n) is 9.73. The van der Waals surface area contributed by atoms with Gasteiger partial charge in [-0.15, -0.1) is 0 Å². The highest BCUT2D eigenvalue weighted by Crippen LogP contribution is 2.48. The number of rotatable bonds is 9. The van der Waals surface area contributed by atoms with Gasteiger partial charge >= 0.3 is 24.1 Å². The Balaban J connectivity index is 1.74. The van der Waals surface area contributed by atoms with Gasteiger partial charge in [-0.3, -0.25) is 9.69 Å². The van der Waals surface area contributed by atoms with Crippen molar-refractivity contribution < 1.29 is 37.0 Å². The molecule has 0 atom stereocenters. The number of urea groups is 1. The maximum atomic E-state index is 13.3. The van der Waals surface area contributed by atoms with Crippen LogP contribution in [0.2, 0.25) is 0 Å². The molecular formula is C25H34F3N3O5. The van der Waals surface area contributed by atoms with Crippen molar-refractivity contribution in [1.29, 1.82) is 0 Å². The summed E-state index contributed by atoms with van der Waals surface area (Å²) >= 11 is 0. The molecule has 36 heavy (non-hydrogen) atoms. The molecule has 1 aromatic carbocycles. The van der Waals surface area contributed by atoms with E-state index in [1.54, 1.807) is 7.11 Å². The van der Waals surface area contributed by atoms with Gasteiger partial charge in [-0.2, -0.15) is 13.2 Å². The SMILES string of the molecule is COCCCN1C(=O)N(CCC(=O)OC(=O)C(F)(F)F)CC12CCC(c1ccccc1)(N(C)C)CC2. The van der Waals surface area contributed by atoms with E-state index in [9.17, 15) is 27.6 Å². The lowest BCUT2D eigenvalue weighted by Crippen LogP contribution is -2.55. The smallest absolute Gasteiger partial charge is 0.386 e. The van der Waals surface area contributed by atoms with Gasteiger partial charge in [0.15, 0.2) is 0 Å². The van der Waals surface area contributed by atoms with Crippen molar-refractivity contribution in [3.63, 3.8) is 0 Å². The minimum Gasteiger partial charge on any atom is -0.386 e. The first-order valence-electron chi connectivity index (χ1n) is 12.1. The molecule has 11 heteroatoms. The Bertz CT molecular complexity index is 931. The molecule has 1 aliphatic carbocycles. The molecule has 1 saturated heterocycles. The molecule has 0 aromatic heterocycles. The van der Waals surface area contributed by atoms with E-state index in [-0.39, 0.29) is 18.1 Å². The van der Waals surface area contributed by atoms with Gasteiger partial charge < -0.3 is 19.3 Å². The number of hydrogen-bond donors (Lipinski definition) is 0. The van der Waals surface area contributed by atoms with Crippen molar-refractivity contribution in [3.05, 3.63) is 35.9 Å². The van der Waals surface area contributed by atoms with Crippen LogP contribution in [0.15, 0.2) is 30.3 Å². The lowest BCUT2D eigenvalue weighted by Gasteiger charge is -2.51. The Kier molecular flexibility index (Phi) is 8.66. The molecule has 1 spiro atoms. The van der Waals surface area contributed by atoms with E-state index in [0.29, 0.717) is 26.1 Å². The van der Waals surface area contributed by atoms with Gasteiger partial charge in [0.1, 0.15) is 0 Å². The number of halogens is 3. The average molecular weight is 514 g/mol. The summed E-state index contributed by atoms with van der Waals surface area (Å²) in [5, 5.41) is 0. The number of methoxy groups -OCH3 is 1. The number of esters is 2. The van der Waals surface area contributed by atoms with Crippen LogP contribution < -0.4 is 0 Å². The average Bonchev–Trinajstić information content (AvgIpc) is 3.09. The van der Waals surface area contributed by atoms with Crippen LogP contribution in [0.25, 0.3) is 0 Å². The predicted octanol–water partition coefficient (Wildman–Crippen LogP) is 3.55. The zero-order valence-electron chi connectivity index (χ0n) is 21.0. The monoisotopic (exact) mass is 513 g/mol. The van der Waals surface area contributed by atoms with E-state index < -0.39 is 30.1 Å². The highest BCUT2D eigenvalue weighted by atomic mass is 19.4. The molecule has 2 amide bonds. The van der Waals surface area contributed by atoms with Gasteiger partial charge in [0, 0.05) is 38.9 Å². The first kappa shape index (κ1) is 27.9. The summed E-state index contributed by atoms with van der Waals surface area (Å²) in [7, 11) is 5.70. The summed E-state index contributed by atoms with van der Waals surface area (Å²) in [4.78, 5) is 41.6. The Hall–Kier alpha value is -2.66. The fourth-order valence-corrected chi connectivity index (χ4v) is 5.49. The molecule has 2 fully saturated rings. The Morgan fingerprint density at radius 1 is 1.06 bits per heavy atom. The standard InChI is InChI=1S/C25H34F3N3O5/c1-29(2)24(19-8-5-4-6-9-19)13-11-23(12-14-24)18-30(22(34)31(23)15-7-17-35-3)16-10-20(32)36-21(33)25(26,27)28/h4-6,8-9H,7,10-18H2,1-3H3. The third-order valence-electron chi connectivity index (χ3n) is 7.49. The van der Waals surface area contributed by atoms with Crippen molar-refractivity contribution in [2.45, 2.75) is 55.8 Å².